The molecule has 21 heavy (non-hydrogen) atoms. The first-order valence-electron chi connectivity index (χ1n) is 6.19. The number of nitrogens with zero attached hydrogens (tertiary/aromatic N) is 1. The van der Waals surface area contributed by atoms with E-state index < -0.39 is 10.0 Å². The fraction of sp³-hybridized carbons (Fsp3) is 0.133. The number of phenols is 1. The number of nitriles is 1. The number of nitrogens with one attached hydrogen (secondary N) is 1. The van der Waals surface area contributed by atoms with Crippen molar-refractivity contribution in [2.45, 2.75) is 12.7 Å². The maximum Gasteiger partial charge on any atom is 0.236 e. The Kier molecular flexibility index (Phi) is 4.15. The lowest BCUT2D eigenvalue weighted by atomic mass is 10.2. The Hall–Kier alpha value is -2.52. The summed E-state index contributed by atoms with van der Waals surface area (Å²) in [4.78, 5) is 0. The third-order valence-corrected chi connectivity index (χ3v) is 4.17. The topological polar surface area (TPSA) is 90.2 Å². The minimum atomic E-state index is -3.55. The second-order valence-corrected chi connectivity index (χ2v) is 6.39. The molecule has 0 spiro atoms. The van der Waals surface area contributed by atoms with E-state index >= 15 is 0 Å². The number of sulfonamides is 1. The van der Waals surface area contributed by atoms with Gasteiger partial charge in [-0.1, -0.05) is 12.1 Å². The molecule has 0 fully saturated rings. The third kappa shape index (κ3) is 3.97. The van der Waals surface area contributed by atoms with Gasteiger partial charge in [-0.15, -0.1) is 0 Å². The van der Waals surface area contributed by atoms with Gasteiger partial charge in [0.25, 0.3) is 0 Å². The van der Waals surface area contributed by atoms with Crippen molar-refractivity contribution in [2.24, 2.45) is 0 Å². The largest absolute Gasteiger partial charge is 0.508 e. The van der Waals surface area contributed by atoms with Crippen LogP contribution in [0, 0.1) is 18.3 Å². The van der Waals surface area contributed by atoms with Crippen LogP contribution in [0.4, 0.5) is 5.69 Å². The predicted octanol–water partition coefficient (Wildman–Crippen LogP) is 2.51. The molecule has 0 aliphatic carbocycles. The summed E-state index contributed by atoms with van der Waals surface area (Å²) in [5, 5.41) is 18.1. The van der Waals surface area contributed by atoms with E-state index in [-0.39, 0.29) is 11.5 Å². The van der Waals surface area contributed by atoms with Crippen molar-refractivity contribution in [1.82, 2.24) is 0 Å². The second kappa shape index (κ2) is 5.85. The van der Waals surface area contributed by atoms with Crippen LogP contribution in [0.5, 0.6) is 5.75 Å². The molecule has 0 bridgehead atoms. The van der Waals surface area contributed by atoms with Crippen LogP contribution in [0.25, 0.3) is 0 Å². The first-order chi connectivity index (χ1) is 9.89. The molecule has 0 saturated heterocycles. The molecule has 2 aromatic carbocycles. The average molecular weight is 302 g/mol. The number of hydrogen-bond acceptors (Lipinski definition) is 4. The molecule has 0 saturated carbocycles. The van der Waals surface area contributed by atoms with Crippen LogP contribution in [-0.2, 0) is 15.8 Å². The molecule has 0 aliphatic heterocycles. The summed E-state index contributed by atoms with van der Waals surface area (Å²) in [6.45, 7) is 1.69. The van der Waals surface area contributed by atoms with Gasteiger partial charge in [-0.2, -0.15) is 5.26 Å². The smallest absolute Gasteiger partial charge is 0.236 e. The van der Waals surface area contributed by atoms with Crippen molar-refractivity contribution in [3.8, 4) is 11.8 Å². The first kappa shape index (κ1) is 14.9. The van der Waals surface area contributed by atoms with Crippen LogP contribution in [0.2, 0.25) is 0 Å². The first-order valence-corrected chi connectivity index (χ1v) is 7.84. The minimum absolute atomic E-state index is 0.116. The Balaban J connectivity index is 2.14. The summed E-state index contributed by atoms with van der Waals surface area (Å²) >= 11 is 0. The van der Waals surface area contributed by atoms with Crippen LogP contribution >= 0.6 is 0 Å². The number of hydrogen-bond donors (Lipinski definition) is 2. The molecule has 5 nitrogen and oxygen atoms in total. The molecule has 108 valence electrons. The Labute approximate surface area is 123 Å². The molecule has 0 amide bonds. The van der Waals surface area contributed by atoms with Crippen LogP contribution in [-0.4, -0.2) is 13.5 Å². The molecule has 0 unspecified atom stereocenters. The standard InChI is InChI=1S/C15H14N2O3S/c1-11-8-14(6-7-15(11)18)17-21(19,20)10-13-4-2-12(9-16)3-5-13/h2-8,17-18H,10H2,1H3. The van der Waals surface area contributed by atoms with Gasteiger partial charge in [0.15, 0.2) is 0 Å². The molecular weight excluding hydrogens is 288 g/mol. The maximum atomic E-state index is 12.1. The number of anilines is 1. The number of benzene rings is 2. The second-order valence-electron chi connectivity index (χ2n) is 4.67. The van der Waals surface area contributed by atoms with Gasteiger partial charge in [0.05, 0.1) is 17.4 Å². The van der Waals surface area contributed by atoms with Gasteiger partial charge in [-0.05, 0) is 48.4 Å². The molecule has 2 N–H and O–H groups in total. The lowest BCUT2D eigenvalue weighted by Crippen LogP contribution is -2.15. The van der Waals surface area contributed by atoms with E-state index in [1.807, 2.05) is 6.07 Å². The van der Waals surface area contributed by atoms with E-state index in [0.29, 0.717) is 22.4 Å². The van der Waals surface area contributed by atoms with Crippen LogP contribution < -0.4 is 4.72 Å². The SMILES string of the molecule is Cc1cc(NS(=O)(=O)Cc2ccc(C#N)cc2)ccc1O. The quantitative estimate of drug-likeness (QED) is 0.849. The summed E-state index contributed by atoms with van der Waals surface area (Å²) < 4.78 is 26.6. The van der Waals surface area contributed by atoms with Crippen molar-refractivity contribution in [2.75, 3.05) is 4.72 Å². The number of rotatable bonds is 4. The van der Waals surface area contributed by atoms with E-state index in [4.69, 9.17) is 5.26 Å². The molecule has 2 rings (SSSR count). The number of aromatic hydroxyl groups is 1. The van der Waals surface area contributed by atoms with Crippen LogP contribution in [0.3, 0.4) is 0 Å². The Morgan fingerprint density at radius 2 is 1.86 bits per heavy atom. The molecule has 0 radical (unpaired) electrons. The maximum absolute atomic E-state index is 12.1. The van der Waals surface area contributed by atoms with Crippen molar-refractivity contribution in [3.63, 3.8) is 0 Å². The van der Waals surface area contributed by atoms with E-state index in [1.165, 1.54) is 12.1 Å². The lowest BCUT2D eigenvalue weighted by molar-refractivity contribution is 0.471. The summed E-state index contributed by atoms with van der Waals surface area (Å²) in [6.07, 6.45) is 0. The minimum Gasteiger partial charge on any atom is -0.508 e. The lowest BCUT2D eigenvalue weighted by Gasteiger charge is -2.09. The zero-order valence-corrected chi connectivity index (χ0v) is 12.2. The van der Waals surface area contributed by atoms with Crippen molar-refractivity contribution in [3.05, 3.63) is 59.2 Å². The van der Waals surface area contributed by atoms with Gasteiger partial charge >= 0.3 is 0 Å². The van der Waals surface area contributed by atoms with Gasteiger partial charge in [0.2, 0.25) is 10.0 Å². The van der Waals surface area contributed by atoms with Crippen molar-refractivity contribution in [1.29, 1.82) is 5.26 Å². The summed E-state index contributed by atoms with van der Waals surface area (Å²) in [6, 6.07) is 12.9. The van der Waals surface area contributed by atoms with Gasteiger partial charge in [0, 0.05) is 5.69 Å². The molecule has 0 heterocycles. The number of phenolic OH excluding ortho intramolecular Hbond substituents is 1. The Morgan fingerprint density at radius 3 is 2.43 bits per heavy atom. The van der Waals surface area contributed by atoms with E-state index in [2.05, 4.69) is 4.72 Å². The van der Waals surface area contributed by atoms with Crippen molar-refractivity contribution < 1.29 is 13.5 Å². The average Bonchev–Trinajstić information content (AvgIpc) is 2.43. The predicted molar refractivity (Wildman–Crippen MR) is 80.2 cm³/mol. The molecule has 2 aromatic rings. The highest BCUT2D eigenvalue weighted by molar-refractivity contribution is 7.91. The highest BCUT2D eigenvalue weighted by atomic mass is 32.2. The summed E-state index contributed by atoms with van der Waals surface area (Å²) in [5.74, 6) is -0.0661. The van der Waals surface area contributed by atoms with Gasteiger partial charge in [-0.3, -0.25) is 4.72 Å². The van der Waals surface area contributed by atoms with E-state index in [0.717, 1.165) is 0 Å². The molecule has 0 aliphatic rings. The highest BCUT2D eigenvalue weighted by Crippen LogP contribution is 2.21. The molecular formula is C15H14N2O3S. The van der Waals surface area contributed by atoms with Gasteiger partial charge in [0.1, 0.15) is 5.75 Å². The normalized spacial score (nSPS) is 10.9. The summed E-state index contributed by atoms with van der Waals surface area (Å²) in [7, 11) is -3.55. The van der Waals surface area contributed by atoms with E-state index in [1.54, 1.807) is 37.3 Å². The molecule has 0 atom stereocenters. The van der Waals surface area contributed by atoms with Gasteiger partial charge in [-0.25, -0.2) is 8.42 Å². The fourth-order valence-electron chi connectivity index (χ4n) is 1.83. The van der Waals surface area contributed by atoms with E-state index in [9.17, 15) is 13.5 Å². The Bertz CT molecular complexity index is 791. The fourth-order valence-corrected chi connectivity index (χ4v) is 3.02. The monoisotopic (exact) mass is 302 g/mol. The summed E-state index contributed by atoms with van der Waals surface area (Å²) in [5.41, 5.74) is 2.07. The zero-order valence-electron chi connectivity index (χ0n) is 11.4. The zero-order chi connectivity index (χ0) is 15.5. The Morgan fingerprint density at radius 1 is 1.19 bits per heavy atom. The molecule has 6 heteroatoms. The van der Waals surface area contributed by atoms with Crippen LogP contribution in [0.1, 0.15) is 16.7 Å². The molecule has 0 aromatic heterocycles. The third-order valence-electron chi connectivity index (χ3n) is 2.91. The van der Waals surface area contributed by atoms with Crippen LogP contribution in [0.15, 0.2) is 42.5 Å². The van der Waals surface area contributed by atoms with Gasteiger partial charge < -0.3 is 5.11 Å². The number of aryl methyl sites for hydroxylation is 1. The van der Waals surface area contributed by atoms with Crippen molar-refractivity contribution >= 4 is 15.7 Å². The highest BCUT2D eigenvalue weighted by Gasteiger charge is 2.12.